The fraction of sp³-hybridized carbons (Fsp3) is 0.227. The third kappa shape index (κ3) is 3.33. The van der Waals surface area contributed by atoms with Gasteiger partial charge in [0.25, 0.3) is 5.91 Å². The minimum atomic E-state index is -0.0693. The second-order valence-electron chi connectivity index (χ2n) is 7.32. The van der Waals surface area contributed by atoms with Gasteiger partial charge in [-0.3, -0.25) is 14.0 Å². The molecule has 4 aromatic rings. The maximum Gasteiger partial charge on any atom is 0.255 e. The molecule has 5 rings (SSSR count). The van der Waals surface area contributed by atoms with Crippen LogP contribution >= 0.6 is 0 Å². The number of hydrogen-bond acceptors (Lipinski definition) is 6. The van der Waals surface area contributed by atoms with Crippen LogP contribution < -0.4 is 4.74 Å². The van der Waals surface area contributed by atoms with E-state index in [9.17, 15) is 4.79 Å². The number of para-hydroxylation sites is 1. The van der Waals surface area contributed by atoms with Crippen molar-refractivity contribution in [2.45, 2.75) is 13.0 Å². The first-order valence-electron chi connectivity index (χ1n) is 9.95. The highest BCUT2D eigenvalue weighted by Crippen LogP contribution is 2.30. The molecule has 3 aromatic heterocycles. The van der Waals surface area contributed by atoms with Gasteiger partial charge < -0.3 is 9.64 Å². The standard InChI is InChI=1S/C22H21N7O2/c1-27-18-10-11-28(22(30)15-8-9-19(31-2)23-12-15)13-17(18)20(26-27)21-25-24-14-29(21)16-6-4-3-5-7-16/h3-9,12,14H,10-11,13H2,1-2H3. The van der Waals surface area contributed by atoms with Gasteiger partial charge in [0.05, 0.1) is 19.2 Å². The normalized spacial score (nSPS) is 13.2. The van der Waals surface area contributed by atoms with Crippen molar-refractivity contribution in [3.8, 4) is 23.1 Å². The van der Waals surface area contributed by atoms with E-state index < -0.39 is 0 Å². The van der Waals surface area contributed by atoms with E-state index in [-0.39, 0.29) is 5.91 Å². The molecule has 0 unspecified atom stereocenters. The van der Waals surface area contributed by atoms with Crippen LogP contribution in [-0.2, 0) is 20.0 Å². The number of fused-ring (bicyclic) bond motifs is 1. The van der Waals surface area contributed by atoms with Crippen molar-refractivity contribution in [1.29, 1.82) is 0 Å². The van der Waals surface area contributed by atoms with E-state index in [0.29, 0.717) is 36.8 Å². The summed E-state index contributed by atoms with van der Waals surface area (Å²) in [5.41, 5.74) is 4.32. The van der Waals surface area contributed by atoms with Crippen molar-refractivity contribution in [3.05, 3.63) is 71.8 Å². The first kappa shape index (κ1) is 19.0. The molecule has 0 spiro atoms. The minimum Gasteiger partial charge on any atom is -0.481 e. The van der Waals surface area contributed by atoms with Crippen LogP contribution in [0.3, 0.4) is 0 Å². The number of methoxy groups -OCH3 is 1. The lowest BCUT2D eigenvalue weighted by atomic mass is 10.0. The van der Waals surface area contributed by atoms with E-state index in [1.165, 1.54) is 0 Å². The van der Waals surface area contributed by atoms with Crippen molar-refractivity contribution in [1.82, 2.24) is 34.4 Å². The second kappa shape index (κ2) is 7.67. The molecule has 0 radical (unpaired) electrons. The van der Waals surface area contributed by atoms with E-state index >= 15 is 0 Å². The Morgan fingerprint density at radius 2 is 1.97 bits per heavy atom. The summed E-state index contributed by atoms with van der Waals surface area (Å²) in [7, 11) is 3.48. The van der Waals surface area contributed by atoms with Crippen LogP contribution in [0.1, 0.15) is 21.6 Å². The summed E-state index contributed by atoms with van der Waals surface area (Å²) < 4.78 is 8.88. The fourth-order valence-electron chi connectivity index (χ4n) is 3.93. The van der Waals surface area contributed by atoms with Gasteiger partial charge >= 0.3 is 0 Å². The molecular weight excluding hydrogens is 394 g/mol. The molecule has 1 aliphatic heterocycles. The number of rotatable bonds is 4. The Labute approximate surface area is 178 Å². The summed E-state index contributed by atoms with van der Waals surface area (Å²) >= 11 is 0. The lowest BCUT2D eigenvalue weighted by Crippen LogP contribution is -2.36. The fourth-order valence-corrected chi connectivity index (χ4v) is 3.93. The zero-order chi connectivity index (χ0) is 21.4. The van der Waals surface area contributed by atoms with Crippen molar-refractivity contribution in [2.75, 3.05) is 13.7 Å². The Bertz CT molecular complexity index is 1230. The van der Waals surface area contributed by atoms with Gasteiger partial charge in [-0.05, 0) is 18.2 Å². The molecule has 0 saturated heterocycles. The van der Waals surface area contributed by atoms with Crippen LogP contribution in [0.2, 0.25) is 0 Å². The van der Waals surface area contributed by atoms with Crippen molar-refractivity contribution in [3.63, 3.8) is 0 Å². The first-order valence-corrected chi connectivity index (χ1v) is 9.95. The number of carbonyl (C=O) groups is 1. The molecule has 1 aromatic carbocycles. The smallest absolute Gasteiger partial charge is 0.255 e. The molecule has 0 saturated carbocycles. The second-order valence-corrected chi connectivity index (χ2v) is 7.32. The maximum atomic E-state index is 13.1. The lowest BCUT2D eigenvalue weighted by Gasteiger charge is -2.27. The van der Waals surface area contributed by atoms with Crippen LogP contribution in [0, 0.1) is 0 Å². The van der Waals surface area contributed by atoms with Gasteiger partial charge in [0.1, 0.15) is 12.0 Å². The molecule has 0 bridgehead atoms. The molecule has 0 atom stereocenters. The van der Waals surface area contributed by atoms with E-state index in [2.05, 4.69) is 15.2 Å². The number of aryl methyl sites for hydroxylation is 1. The van der Waals surface area contributed by atoms with Gasteiger partial charge in [-0.2, -0.15) is 5.10 Å². The minimum absolute atomic E-state index is 0.0693. The predicted molar refractivity (Wildman–Crippen MR) is 113 cm³/mol. The van der Waals surface area contributed by atoms with Gasteiger partial charge in [0, 0.05) is 49.2 Å². The first-order chi connectivity index (χ1) is 15.2. The summed E-state index contributed by atoms with van der Waals surface area (Å²) in [6.45, 7) is 1.06. The SMILES string of the molecule is COc1ccc(C(=O)N2CCc3c(c(-c4nncn4-c4ccccc4)nn3C)C2)cn1. The lowest BCUT2D eigenvalue weighted by molar-refractivity contribution is 0.0733. The Morgan fingerprint density at radius 1 is 1.13 bits per heavy atom. The van der Waals surface area contributed by atoms with E-state index in [1.54, 1.807) is 31.8 Å². The van der Waals surface area contributed by atoms with E-state index in [1.807, 2.05) is 51.5 Å². The number of aromatic nitrogens is 6. The molecule has 1 aliphatic rings. The summed E-state index contributed by atoms with van der Waals surface area (Å²) in [5.74, 6) is 1.07. The quantitative estimate of drug-likeness (QED) is 0.508. The van der Waals surface area contributed by atoms with Crippen molar-refractivity contribution >= 4 is 5.91 Å². The number of ether oxygens (including phenoxy) is 1. The third-order valence-corrected chi connectivity index (χ3v) is 5.52. The third-order valence-electron chi connectivity index (χ3n) is 5.52. The largest absolute Gasteiger partial charge is 0.481 e. The number of carbonyl (C=O) groups excluding carboxylic acids is 1. The Balaban J connectivity index is 1.49. The number of hydrogen-bond donors (Lipinski definition) is 0. The van der Waals surface area contributed by atoms with Crippen LogP contribution in [0.5, 0.6) is 5.88 Å². The van der Waals surface area contributed by atoms with Crippen molar-refractivity contribution < 1.29 is 9.53 Å². The van der Waals surface area contributed by atoms with Gasteiger partial charge in [-0.25, -0.2) is 4.98 Å². The highest BCUT2D eigenvalue weighted by Gasteiger charge is 2.29. The van der Waals surface area contributed by atoms with Crippen LogP contribution in [-0.4, -0.2) is 54.0 Å². The van der Waals surface area contributed by atoms with Crippen molar-refractivity contribution in [2.24, 2.45) is 7.05 Å². The van der Waals surface area contributed by atoms with Gasteiger partial charge in [-0.15, -0.1) is 10.2 Å². The highest BCUT2D eigenvalue weighted by atomic mass is 16.5. The Hall–Kier alpha value is -4.01. The molecule has 0 N–H and O–H groups in total. The monoisotopic (exact) mass is 415 g/mol. The number of nitrogens with zero attached hydrogens (tertiary/aromatic N) is 7. The molecule has 9 heteroatoms. The Kier molecular flexibility index (Phi) is 4.70. The molecular formula is C22H21N7O2. The summed E-state index contributed by atoms with van der Waals surface area (Å²) in [6, 6.07) is 13.3. The van der Waals surface area contributed by atoms with Crippen LogP contribution in [0.25, 0.3) is 17.2 Å². The van der Waals surface area contributed by atoms with E-state index in [4.69, 9.17) is 9.84 Å². The topological polar surface area (TPSA) is 91.0 Å². The molecule has 31 heavy (non-hydrogen) atoms. The molecule has 1 amide bonds. The summed E-state index contributed by atoms with van der Waals surface area (Å²) in [5, 5.41) is 13.2. The van der Waals surface area contributed by atoms with Crippen LogP contribution in [0.4, 0.5) is 0 Å². The molecule has 4 heterocycles. The number of amides is 1. The molecule has 156 valence electrons. The number of benzene rings is 1. The summed E-state index contributed by atoms with van der Waals surface area (Å²) in [6.07, 6.45) is 3.95. The Morgan fingerprint density at radius 3 is 2.71 bits per heavy atom. The zero-order valence-electron chi connectivity index (χ0n) is 17.3. The average molecular weight is 415 g/mol. The predicted octanol–water partition coefficient (Wildman–Crippen LogP) is 2.27. The van der Waals surface area contributed by atoms with E-state index in [0.717, 1.165) is 22.6 Å². The maximum absolute atomic E-state index is 13.1. The zero-order valence-corrected chi connectivity index (χ0v) is 17.3. The number of pyridine rings is 1. The van der Waals surface area contributed by atoms with Gasteiger partial charge in [0.2, 0.25) is 5.88 Å². The van der Waals surface area contributed by atoms with Gasteiger partial charge in [0.15, 0.2) is 5.82 Å². The highest BCUT2D eigenvalue weighted by molar-refractivity contribution is 5.94. The van der Waals surface area contributed by atoms with Gasteiger partial charge in [-0.1, -0.05) is 18.2 Å². The average Bonchev–Trinajstić information content (AvgIpc) is 3.43. The summed E-state index contributed by atoms with van der Waals surface area (Å²) in [4.78, 5) is 19.1. The molecule has 0 fully saturated rings. The molecule has 0 aliphatic carbocycles. The molecule has 9 nitrogen and oxygen atoms in total. The van der Waals surface area contributed by atoms with Crippen LogP contribution in [0.15, 0.2) is 55.0 Å².